The van der Waals surface area contributed by atoms with Crippen molar-refractivity contribution in [2.75, 3.05) is 19.0 Å². The van der Waals surface area contributed by atoms with Crippen LogP contribution in [0.25, 0.3) is 0 Å². The molecule has 25 heavy (non-hydrogen) atoms. The van der Waals surface area contributed by atoms with Gasteiger partial charge in [0.15, 0.2) is 0 Å². The average molecular weight is 383 g/mol. The van der Waals surface area contributed by atoms with Crippen LogP contribution in [0, 0.1) is 0 Å². The van der Waals surface area contributed by atoms with E-state index in [0.717, 1.165) is 0 Å². The molecule has 2 rings (SSSR count). The smallest absolute Gasteiger partial charge is 0.339 e. The number of benzene rings is 1. The van der Waals surface area contributed by atoms with E-state index in [2.05, 4.69) is 15.0 Å². The highest BCUT2D eigenvalue weighted by Gasteiger charge is 2.08. The monoisotopic (exact) mass is 382 g/mol. The summed E-state index contributed by atoms with van der Waals surface area (Å²) in [5.41, 5.74) is 0.314. The number of hydrogen-bond donors (Lipinski definition) is 1. The number of pyridine rings is 1. The van der Waals surface area contributed by atoms with Crippen molar-refractivity contribution < 1.29 is 19.1 Å². The molecule has 0 atom stereocenters. The van der Waals surface area contributed by atoms with Gasteiger partial charge < -0.3 is 14.8 Å². The van der Waals surface area contributed by atoms with Gasteiger partial charge in [0.05, 0.1) is 24.3 Å². The lowest BCUT2D eigenvalue weighted by Crippen LogP contribution is -2.14. The Balaban J connectivity index is 1.74. The fourth-order valence-electron chi connectivity index (χ4n) is 1.92. The maximum Gasteiger partial charge on any atom is 0.339 e. The average Bonchev–Trinajstić information content (AvgIpc) is 2.60. The second-order valence-electron chi connectivity index (χ2n) is 5.00. The van der Waals surface area contributed by atoms with Crippen LogP contribution in [0.1, 0.15) is 23.2 Å². The molecule has 0 unspecified atom stereocenters. The molecule has 2 aromatic rings. The summed E-state index contributed by atoms with van der Waals surface area (Å²) in [7, 11) is 1.29. The van der Waals surface area contributed by atoms with Gasteiger partial charge in [0.1, 0.15) is 11.6 Å². The molecule has 6 nitrogen and oxygen atoms in total. The van der Waals surface area contributed by atoms with Crippen LogP contribution in [0.5, 0.6) is 5.75 Å². The quantitative estimate of drug-likeness (QED) is 0.578. The van der Waals surface area contributed by atoms with E-state index in [1.54, 1.807) is 18.2 Å². The minimum atomic E-state index is -0.483. The molecule has 1 N–H and O–H groups in total. The Hall–Kier alpha value is -2.31. The van der Waals surface area contributed by atoms with E-state index < -0.39 is 5.97 Å². The summed E-state index contributed by atoms with van der Waals surface area (Å²) in [4.78, 5) is 27.2. The van der Waals surface area contributed by atoms with Crippen LogP contribution in [0.4, 0.5) is 5.82 Å². The van der Waals surface area contributed by atoms with Gasteiger partial charge in [-0.15, -0.1) is 0 Å². The number of aromatic nitrogens is 1. The van der Waals surface area contributed by atoms with Crippen LogP contribution >= 0.6 is 23.2 Å². The third kappa shape index (κ3) is 5.92. The number of esters is 1. The Bertz CT molecular complexity index is 751. The van der Waals surface area contributed by atoms with Crippen molar-refractivity contribution in [1.29, 1.82) is 0 Å². The molecule has 1 aromatic heterocycles. The largest absolute Gasteiger partial charge is 0.492 e. The van der Waals surface area contributed by atoms with Crippen molar-refractivity contribution in [3.05, 3.63) is 52.1 Å². The SMILES string of the molecule is COC(=O)c1ccc(NC(=O)CCCOc2ccc(Cl)cc2Cl)nc1. The molecule has 0 spiro atoms. The minimum Gasteiger partial charge on any atom is -0.492 e. The lowest BCUT2D eigenvalue weighted by molar-refractivity contribution is -0.116. The predicted molar refractivity (Wildman–Crippen MR) is 95.4 cm³/mol. The van der Waals surface area contributed by atoms with E-state index in [9.17, 15) is 9.59 Å². The van der Waals surface area contributed by atoms with Crippen molar-refractivity contribution in [2.24, 2.45) is 0 Å². The Labute approximate surface area is 155 Å². The van der Waals surface area contributed by atoms with E-state index in [1.165, 1.54) is 25.4 Å². The number of carbonyl (C=O) groups is 2. The summed E-state index contributed by atoms with van der Waals surface area (Å²) in [5, 5.41) is 3.60. The lowest BCUT2D eigenvalue weighted by atomic mass is 10.2. The molecule has 0 radical (unpaired) electrons. The first kappa shape index (κ1) is 19.0. The number of amides is 1. The number of ether oxygens (including phenoxy) is 2. The van der Waals surface area contributed by atoms with Crippen molar-refractivity contribution in [2.45, 2.75) is 12.8 Å². The number of nitrogens with zero attached hydrogens (tertiary/aromatic N) is 1. The summed E-state index contributed by atoms with van der Waals surface area (Å²) in [6.45, 7) is 0.337. The standard InChI is InChI=1S/C17H16Cl2N2O4/c1-24-17(23)11-4-7-15(20-10-11)21-16(22)3-2-8-25-14-6-5-12(18)9-13(14)19/h4-7,9-10H,2-3,8H2,1H3,(H,20,21,22). The van der Waals surface area contributed by atoms with Gasteiger partial charge in [-0.25, -0.2) is 9.78 Å². The highest BCUT2D eigenvalue weighted by atomic mass is 35.5. The molecular formula is C17H16Cl2N2O4. The summed E-state index contributed by atoms with van der Waals surface area (Å²) in [6.07, 6.45) is 2.10. The van der Waals surface area contributed by atoms with Crippen molar-refractivity contribution >= 4 is 40.9 Å². The molecule has 0 aliphatic carbocycles. The molecule has 1 aromatic carbocycles. The zero-order valence-corrected chi connectivity index (χ0v) is 14.9. The molecular weight excluding hydrogens is 367 g/mol. The topological polar surface area (TPSA) is 77.5 Å². The van der Waals surface area contributed by atoms with E-state index in [4.69, 9.17) is 27.9 Å². The van der Waals surface area contributed by atoms with Crippen molar-refractivity contribution in [3.8, 4) is 5.75 Å². The van der Waals surface area contributed by atoms with Gasteiger partial charge in [0, 0.05) is 17.6 Å². The van der Waals surface area contributed by atoms with E-state index >= 15 is 0 Å². The first-order chi connectivity index (χ1) is 12.0. The van der Waals surface area contributed by atoms with Crippen molar-refractivity contribution in [3.63, 3.8) is 0 Å². The Kier molecular flexibility index (Phi) is 7.03. The van der Waals surface area contributed by atoms with Crippen LogP contribution in [0.3, 0.4) is 0 Å². The maximum absolute atomic E-state index is 11.9. The number of anilines is 1. The molecule has 8 heteroatoms. The van der Waals surface area contributed by atoms with Crippen LogP contribution in [-0.2, 0) is 9.53 Å². The molecule has 1 amide bonds. The fourth-order valence-corrected chi connectivity index (χ4v) is 2.38. The normalized spacial score (nSPS) is 10.2. The number of methoxy groups -OCH3 is 1. The van der Waals surface area contributed by atoms with Crippen molar-refractivity contribution in [1.82, 2.24) is 4.98 Å². The number of nitrogens with one attached hydrogen (secondary N) is 1. The Morgan fingerprint density at radius 1 is 1.20 bits per heavy atom. The molecule has 0 saturated carbocycles. The third-order valence-corrected chi connectivity index (χ3v) is 3.68. The number of rotatable bonds is 7. The minimum absolute atomic E-state index is 0.205. The van der Waals surface area contributed by atoms with Gasteiger partial charge >= 0.3 is 5.97 Å². The molecule has 0 saturated heterocycles. The maximum atomic E-state index is 11.9. The molecule has 132 valence electrons. The van der Waals surface area contributed by atoms with Gasteiger partial charge in [-0.1, -0.05) is 23.2 Å². The number of carbonyl (C=O) groups excluding carboxylic acids is 2. The molecule has 0 fully saturated rings. The second kappa shape index (κ2) is 9.25. The van der Waals surface area contributed by atoms with Gasteiger partial charge in [-0.2, -0.15) is 0 Å². The summed E-state index contributed by atoms with van der Waals surface area (Å²) in [5.74, 6) is 0.193. The number of hydrogen-bond acceptors (Lipinski definition) is 5. The molecule has 0 bridgehead atoms. The number of halogens is 2. The Morgan fingerprint density at radius 2 is 2.00 bits per heavy atom. The zero-order chi connectivity index (χ0) is 18.2. The van der Waals surface area contributed by atoms with Gasteiger partial charge in [-0.05, 0) is 36.8 Å². The predicted octanol–water partition coefficient (Wildman–Crippen LogP) is 3.97. The summed E-state index contributed by atoms with van der Waals surface area (Å²) in [6, 6.07) is 8.01. The first-order valence-corrected chi connectivity index (χ1v) is 8.17. The highest BCUT2D eigenvalue weighted by molar-refractivity contribution is 6.35. The van der Waals surface area contributed by atoms with E-state index in [-0.39, 0.29) is 12.3 Å². The molecule has 0 aliphatic heterocycles. The van der Waals surface area contributed by atoms with Gasteiger partial charge in [-0.3, -0.25) is 4.79 Å². The van der Waals surface area contributed by atoms with Crippen LogP contribution in [0.2, 0.25) is 10.0 Å². The zero-order valence-electron chi connectivity index (χ0n) is 13.4. The molecule has 1 heterocycles. The highest BCUT2D eigenvalue weighted by Crippen LogP contribution is 2.27. The third-order valence-electron chi connectivity index (χ3n) is 3.15. The van der Waals surface area contributed by atoms with E-state index in [0.29, 0.717) is 40.2 Å². The Morgan fingerprint density at radius 3 is 2.64 bits per heavy atom. The summed E-state index contributed by atoms with van der Waals surface area (Å²) < 4.78 is 10.1. The lowest BCUT2D eigenvalue weighted by Gasteiger charge is -2.08. The van der Waals surface area contributed by atoms with Crippen LogP contribution in [0.15, 0.2) is 36.5 Å². The first-order valence-electron chi connectivity index (χ1n) is 7.41. The van der Waals surface area contributed by atoms with Crippen LogP contribution < -0.4 is 10.1 Å². The molecule has 0 aliphatic rings. The fraction of sp³-hybridized carbons (Fsp3) is 0.235. The summed E-state index contributed by atoms with van der Waals surface area (Å²) >= 11 is 11.8. The van der Waals surface area contributed by atoms with Gasteiger partial charge in [0.2, 0.25) is 5.91 Å². The van der Waals surface area contributed by atoms with Gasteiger partial charge in [0.25, 0.3) is 0 Å². The van der Waals surface area contributed by atoms with E-state index in [1.807, 2.05) is 0 Å². The second-order valence-corrected chi connectivity index (χ2v) is 5.84. The van der Waals surface area contributed by atoms with Crippen LogP contribution in [-0.4, -0.2) is 30.6 Å².